The van der Waals surface area contributed by atoms with Gasteiger partial charge in [0.1, 0.15) is 11.5 Å². The Hall–Kier alpha value is -3.61. The van der Waals surface area contributed by atoms with Crippen LogP contribution in [0.25, 0.3) is 0 Å². The maximum absolute atomic E-state index is 12.5. The minimum Gasteiger partial charge on any atom is -0.497 e. The zero-order valence-corrected chi connectivity index (χ0v) is 17.0. The quantitative estimate of drug-likeness (QED) is 0.494. The van der Waals surface area contributed by atoms with E-state index in [9.17, 15) is 4.79 Å². The highest BCUT2D eigenvalue weighted by molar-refractivity contribution is 5.95. The molecule has 0 bridgehead atoms. The molecular weight excluding hydrogens is 368 g/mol. The molecule has 0 saturated heterocycles. The summed E-state index contributed by atoms with van der Waals surface area (Å²) in [6, 6.07) is 14.8. The normalized spacial score (nSPS) is 10.9. The van der Waals surface area contributed by atoms with Gasteiger partial charge in [-0.1, -0.05) is 12.1 Å². The highest BCUT2D eigenvalue weighted by Gasteiger charge is 2.08. The number of aromatic nitrogens is 2. The smallest absolute Gasteiger partial charge is 0.271 e. The Morgan fingerprint density at radius 1 is 1.14 bits per heavy atom. The van der Waals surface area contributed by atoms with Gasteiger partial charge in [-0.2, -0.15) is 10.2 Å². The molecule has 0 saturated carbocycles. The van der Waals surface area contributed by atoms with Gasteiger partial charge < -0.3 is 9.47 Å². The van der Waals surface area contributed by atoms with Crippen molar-refractivity contribution in [3.05, 3.63) is 76.6 Å². The number of methoxy groups -OCH3 is 2. The fourth-order valence-electron chi connectivity index (χ4n) is 2.97. The second-order valence-electron chi connectivity index (χ2n) is 6.59. The number of benzene rings is 2. The lowest BCUT2D eigenvalue weighted by atomic mass is 10.1. The van der Waals surface area contributed by atoms with Crippen LogP contribution in [0.15, 0.2) is 53.6 Å². The van der Waals surface area contributed by atoms with Gasteiger partial charge in [0, 0.05) is 22.9 Å². The summed E-state index contributed by atoms with van der Waals surface area (Å²) in [7, 11) is 3.16. The molecule has 0 fully saturated rings. The lowest BCUT2D eigenvalue weighted by Gasteiger charge is -2.08. The van der Waals surface area contributed by atoms with Crippen LogP contribution in [0.3, 0.4) is 0 Å². The number of nitrogens with zero attached hydrogens (tertiary/aromatic N) is 3. The SMILES string of the molecule is COc1ccc(/C=N\NC(=O)c2cccc(Cn3nc(C)cc3C)c2)c(OC)c1. The molecule has 2 aromatic carbocycles. The molecule has 0 atom stereocenters. The first-order valence-electron chi connectivity index (χ1n) is 9.15. The summed E-state index contributed by atoms with van der Waals surface area (Å²) >= 11 is 0. The van der Waals surface area contributed by atoms with E-state index >= 15 is 0 Å². The van der Waals surface area contributed by atoms with E-state index in [1.807, 2.05) is 48.9 Å². The predicted octanol–water partition coefficient (Wildman–Crippen LogP) is 3.33. The largest absolute Gasteiger partial charge is 0.497 e. The lowest BCUT2D eigenvalue weighted by molar-refractivity contribution is 0.0955. The summed E-state index contributed by atoms with van der Waals surface area (Å²) in [5.74, 6) is 1.00. The van der Waals surface area contributed by atoms with Crippen LogP contribution in [0, 0.1) is 13.8 Å². The highest BCUT2D eigenvalue weighted by atomic mass is 16.5. The molecular formula is C22H24N4O3. The lowest BCUT2D eigenvalue weighted by Crippen LogP contribution is -2.18. The average molecular weight is 392 g/mol. The number of carbonyl (C=O) groups is 1. The molecule has 1 N–H and O–H groups in total. The Bertz CT molecular complexity index is 1040. The third kappa shape index (κ3) is 5.01. The molecule has 0 aliphatic carbocycles. The third-order valence-corrected chi connectivity index (χ3v) is 4.44. The van der Waals surface area contributed by atoms with Crippen molar-refractivity contribution >= 4 is 12.1 Å². The van der Waals surface area contributed by atoms with Gasteiger partial charge in [-0.3, -0.25) is 9.48 Å². The molecule has 1 amide bonds. The second kappa shape index (κ2) is 9.05. The van der Waals surface area contributed by atoms with Gasteiger partial charge in [0.15, 0.2) is 0 Å². The van der Waals surface area contributed by atoms with Crippen LogP contribution in [-0.2, 0) is 6.54 Å². The standard InChI is InChI=1S/C22H24N4O3/c1-15-10-16(2)26(25-15)14-17-6-5-7-18(11-17)22(27)24-23-13-19-8-9-20(28-3)12-21(19)29-4/h5-13H,14H2,1-4H3,(H,24,27)/b23-13-. The zero-order valence-electron chi connectivity index (χ0n) is 17.0. The molecule has 0 aliphatic rings. The molecule has 29 heavy (non-hydrogen) atoms. The van der Waals surface area contributed by atoms with E-state index in [0.717, 1.165) is 22.5 Å². The number of nitrogens with one attached hydrogen (secondary N) is 1. The number of rotatable bonds is 7. The van der Waals surface area contributed by atoms with E-state index in [2.05, 4.69) is 15.6 Å². The molecule has 1 heterocycles. The summed E-state index contributed by atoms with van der Waals surface area (Å²) in [5, 5.41) is 8.51. The Kier molecular flexibility index (Phi) is 6.29. The van der Waals surface area contributed by atoms with Crippen LogP contribution in [0.2, 0.25) is 0 Å². The van der Waals surface area contributed by atoms with E-state index in [4.69, 9.17) is 9.47 Å². The summed E-state index contributed by atoms with van der Waals surface area (Å²) in [5.41, 5.74) is 6.86. The molecule has 0 aliphatic heterocycles. The van der Waals surface area contributed by atoms with Crippen molar-refractivity contribution in [3.8, 4) is 11.5 Å². The fourth-order valence-corrected chi connectivity index (χ4v) is 2.97. The second-order valence-corrected chi connectivity index (χ2v) is 6.59. The number of aryl methyl sites for hydroxylation is 2. The number of hydrogen-bond donors (Lipinski definition) is 1. The number of hydrazone groups is 1. The topological polar surface area (TPSA) is 77.7 Å². The van der Waals surface area contributed by atoms with Gasteiger partial charge in [-0.05, 0) is 49.7 Å². The Morgan fingerprint density at radius 2 is 1.97 bits per heavy atom. The molecule has 0 spiro atoms. The van der Waals surface area contributed by atoms with Crippen LogP contribution in [0.4, 0.5) is 0 Å². The highest BCUT2D eigenvalue weighted by Crippen LogP contribution is 2.23. The first-order valence-corrected chi connectivity index (χ1v) is 9.15. The van der Waals surface area contributed by atoms with E-state index in [0.29, 0.717) is 23.6 Å². The van der Waals surface area contributed by atoms with Gasteiger partial charge in [0.05, 0.1) is 32.7 Å². The summed E-state index contributed by atoms with van der Waals surface area (Å²) in [6.45, 7) is 4.58. The molecule has 0 radical (unpaired) electrons. The number of amides is 1. The monoisotopic (exact) mass is 392 g/mol. The van der Waals surface area contributed by atoms with Crippen LogP contribution < -0.4 is 14.9 Å². The minimum absolute atomic E-state index is 0.288. The van der Waals surface area contributed by atoms with Gasteiger partial charge in [0.2, 0.25) is 0 Å². The van der Waals surface area contributed by atoms with Gasteiger partial charge in [-0.25, -0.2) is 5.43 Å². The Balaban J connectivity index is 1.68. The third-order valence-electron chi connectivity index (χ3n) is 4.44. The number of hydrogen-bond acceptors (Lipinski definition) is 5. The van der Waals surface area contributed by atoms with E-state index < -0.39 is 0 Å². The first kappa shape index (κ1) is 20.1. The van der Waals surface area contributed by atoms with Crippen LogP contribution in [0.1, 0.15) is 32.9 Å². The molecule has 7 nitrogen and oxygen atoms in total. The van der Waals surface area contributed by atoms with Gasteiger partial charge in [-0.15, -0.1) is 0 Å². The molecule has 3 rings (SSSR count). The maximum Gasteiger partial charge on any atom is 0.271 e. The summed E-state index contributed by atoms with van der Waals surface area (Å²) < 4.78 is 12.4. The average Bonchev–Trinajstić information content (AvgIpc) is 3.04. The van der Waals surface area contributed by atoms with Crippen molar-refractivity contribution < 1.29 is 14.3 Å². The maximum atomic E-state index is 12.5. The Morgan fingerprint density at radius 3 is 2.66 bits per heavy atom. The van der Waals surface area contributed by atoms with Crippen LogP contribution >= 0.6 is 0 Å². The number of carbonyl (C=O) groups excluding carboxylic acids is 1. The summed E-state index contributed by atoms with van der Waals surface area (Å²) in [4.78, 5) is 12.5. The van der Waals surface area contributed by atoms with Crippen molar-refractivity contribution in [2.45, 2.75) is 20.4 Å². The molecule has 3 aromatic rings. The molecule has 150 valence electrons. The van der Waals surface area contributed by atoms with Crippen molar-refractivity contribution in [1.29, 1.82) is 0 Å². The zero-order chi connectivity index (χ0) is 20.8. The predicted molar refractivity (Wildman–Crippen MR) is 112 cm³/mol. The fraction of sp³-hybridized carbons (Fsp3) is 0.227. The van der Waals surface area contributed by atoms with Crippen LogP contribution in [-0.4, -0.2) is 36.1 Å². The molecule has 1 aromatic heterocycles. The first-order chi connectivity index (χ1) is 14.0. The number of ether oxygens (including phenoxy) is 2. The van der Waals surface area contributed by atoms with Gasteiger partial charge in [0.25, 0.3) is 5.91 Å². The van der Waals surface area contributed by atoms with Crippen molar-refractivity contribution in [2.24, 2.45) is 5.10 Å². The molecule has 7 heteroatoms. The Labute approximate surface area is 170 Å². The summed E-state index contributed by atoms with van der Waals surface area (Å²) in [6.07, 6.45) is 1.54. The van der Waals surface area contributed by atoms with Crippen molar-refractivity contribution in [1.82, 2.24) is 15.2 Å². The molecule has 0 unspecified atom stereocenters. The minimum atomic E-state index is -0.288. The van der Waals surface area contributed by atoms with E-state index in [1.165, 1.54) is 6.21 Å². The van der Waals surface area contributed by atoms with E-state index in [1.54, 1.807) is 32.4 Å². The van der Waals surface area contributed by atoms with Gasteiger partial charge >= 0.3 is 0 Å². The van der Waals surface area contributed by atoms with Crippen molar-refractivity contribution in [3.63, 3.8) is 0 Å². The van der Waals surface area contributed by atoms with Crippen LogP contribution in [0.5, 0.6) is 11.5 Å². The van der Waals surface area contributed by atoms with E-state index in [-0.39, 0.29) is 5.91 Å². The van der Waals surface area contributed by atoms with Crippen molar-refractivity contribution in [2.75, 3.05) is 14.2 Å².